The van der Waals surface area contributed by atoms with Gasteiger partial charge in [0.2, 0.25) is 0 Å². The third-order valence-electron chi connectivity index (χ3n) is 9.55. The van der Waals surface area contributed by atoms with Crippen LogP contribution in [-0.4, -0.2) is 64.6 Å². The monoisotopic (exact) mass is 693 g/mol. The second-order valence-corrected chi connectivity index (χ2v) is 14.6. The van der Waals surface area contributed by atoms with Gasteiger partial charge in [-0.25, -0.2) is 0 Å². The van der Waals surface area contributed by atoms with Gasteiger partial charge < -0.3 is 24.8 Å². The van der Waals surface area contributed by atoms with Crippen LogP contribution < -0.4 is 0 Å². The van der Waals surface area contributed by atoms with Crippen LogP contribution >= 0.6 is 0 Å². The zero-order chi connectivity index (χ0) is 36.1. The van der Waals surface area contributed by atoms with E-state index in [-0.39, 0.29) is 37.1 Å². The number of hydrogen-bond donors (Lipinski definition) is 3. The number of rotatable bonds is 31. The molecule has 0 bridgehead atoms. The van der Waals surface area contributed by atoms with Gasteiger partial charge in [-0.05, 0) is 38.0 Å². The number of ether oxygens (including phenoxy) is 2. The molecule has 1 fully saturated rings. The highest BCUT2D eigenvalue weighted by Gasteiger charge is 2.39. The van der Waals surface area contributed by atoms with Gasteiger partial charge in [0.1, 0.15) is 12.4 Å². The normalized spacial score (nSPS) is 19.3. The van der Waals surface area contributed by atoms with Crippen LogP contribution in [0.15, 0.2) is 24.3 Å². The lowest BCUT2D eigenvalue weighted by Crippen LogP contribution is -2.28. The van der Waals surface area contributed by atoms with Gasteiger partial charge >= 0.3 is 11.9 Å². The quantitative estimate of drug-likeness (QED) is 0.0374. The van der Waals surface area contributed by atoms with Gasteiger partial charge in [-0.15, -0.1) is 0 Å². The van der Waals surface area contributed by atoms with E-state index < -0.39 is 36.8 Å². The molecule has 1 aliphatic carbocycles. The minimum Gasteiger partial charge on any atom is -0.462 e. The number of Topliss-reactive ketones (excluding diaryl/α,β-unsaturated/α-hetero) is 1. The molecule has 0 radical (unpaired) electrons. The second kappa shape index (κ2) is 29.7. The summed E-state index contributed by atoms with van der Waals surface area (Å²) in [5.74, 6) is -0.573. The average Bonchev–Trinajstić information content (AvgIpc) is 3.34. The van der Waals surface area contributed by atoms with E-state index >= 15 is 0 Å². The molecule has 284 valence electrons. The van der Waals surface area contributed by atoms with Crippen LogP contribution in [0.1, 0.15) is 168 Å². The highest BCUT2D eigenvalue weighted by Crippen LogP contribution is 2.33. The van der Waals surface area contributed by atoms with Gasteiger partial charge in [0, 0.05) is 31.1 Å². The lowest BCUT2D eigenvalue weighted by molar-refractivity contribution is -0.161. The molecule has 0 saturated heterocycles. The lowest BCUT2D eigenvalue weighted by Gasteiger charge is -2.17. The number of aliphatic hydroxyl groups is 3. The molecule has 3 N–H and O–H groups in total. The lowest BCUT2D eigenvalue weighted by atomic mass is 9.90. The number of unbranched alkanes of at least 4 members (excludes halogenated alkanes) is 14. The first-order valence-corrected chi connectivity index (χ1v) is 19.9. The van der Waals surface area contributed by atoms with Crippen molar-refractivity contribution in [1.82, 2.24) is 0 Å². The fourth-order valence-electron chi connectivity index (χ4n) is 6.43. The maximum atomic E-state index is 12.4. The Kier molecular flexibility index (Phi) is 27.2. The van der Waals surface area contributed by atoms with Crippen molar-refractivity contribution in [2.75, 3.05) is 13.2 Å². The first-order valence-electron chi connectivity index (χ1n) is 19.9. The molecule has 1 saturated carbocycles. The van der Waals surface area contributed by atoms with Crippen LogP contribution in [0.5, 0.6) is 0 Å². The van der Waals surface area contributed by atoms with Crippen molar-refractivity contribution < 1.29 is 39.2 Å². The van der Waals surface area contributed by atoms with E-state index in [1.807, 2.05) is 12.2 Å². The molecule has 1 aliphatic rings. The smallest absolute Gasteiger partial charge is 0.306 e. The van der Waals surface area contributed by atoms with E-state index in [9.17, 15) is 29.7 Å². The summed E-state index contributed by atoms with van der Waals surface area (Å²) in [6.07, 6.45) is 27.4. The highest BCUT2D eigenvalue weighted by molar-refractivity contribution is 5.86. The number of aliphatic hydroxyl groups excluding tert-OH is 3. The highest BCUT2D eigenvalue weighted by atomic mass is 16.6. The summed E-state index contributed by atoms with van der Waals surface area (Å²) >= 11 is 0. The summed E-state index contributed by atoms with van der Waals surface area (Å²) < 4.78 is 10.5. The van der Waals surface area contributed by atoms with Gasteiger partial charge in [0.25, 0.3) is 0 Å². The van der Waals surface area contributed by atoms with Crippen LogP contribution in [0, 0.1) is 17.8 Å². The number of esters is 2. The van der Waals surface area contributed by atoms with Gasteiger partial charge in [0.05, 0.1) is 18.8 Å². The fourth-order valence-corrected chi connectivity index (χ4v) is 6.43. The standard InChI is InChI=1S/C41H72O8/c1-4-5-18-24-34(43)28-29-37-36(38(44)30-39(37)45)25-20-16-17-21-26-40(46)48-32-35(31-42)49-41(47)27-22-15-13-11-9-7-6-8-10-12-14-19-23-33(2)3/h16,20,28-29,33-38,42-44H,4-15,17-19,21-27,30-32H2,1-3H3/b20-16-,29-28+/t34-,35-,36+,37+,38-/m0/s1. The van der Waals surface area contributed by atoms with Crippen LogP contribution in [-0.2, 0) is 23.9 Å². The molecule has 8 nitrogen and oxygen atoms in total. The summed E-state index contributed by atoms with van der Waals surface area (Å²) in [5.41, 5.74) is 0. The van der Waals surface area contributed by atoms with Crippen LogP contribution in [0.4, 0.5) is 0 Å². The zero-order valence-electron chi connectivity index (χ0n) is 31.3. The summed E-state index contributed by atoms with van der Waals surface area (Å²) in [6, 6.07) is 0. The van der Waals surface area contributed by atoms with Crippen molar-refractivity contribution in [1.29, 1.82) is 0 Å². The molecule has 0 aliphatic heterocycles. The molecular weight excluding hydrogens is 620 g/mol. The van der Waals surface area contributed by atoms with Crippen molar-refractivity contribution in [3.63, 3.8) is 0 Å². The molecule has 0 aromatic heterocycles. The average molecular weight is 693 g/mol. The molecule has 8 heteroatoms. The van der Waals surface area contributed by atoms with Gasteiger partial charge in [-0.2, -0.15) is 0 Å². The zero-order valence-corrected chi connectivity index (χ0v) is 31.3. The molecule has 0 aromatic carbocycles. The van der Waals surface area contributed by atoms with E-state index in [1.54, 1.807) is 12.2 Å². The molecular formula is C41H72O8. The van der Waals surface area contributed by atoms with Crippen molar-refractivity contribution in [2.45, 2.75) is 187 Å². The van der Waals surface area contributed by atoms with Crippen molar-refractivity contribution in [3.8, 4) is 0 Å². The fraction of sp³-hybridized carbons (Fsp3) is 0.829. The van der Waals surface area contributed by atoms with Gasteiger partial charge in [-0.3, -0.25) is 14.4 Å². The van der Waals surface area contributed by atoms with Gasteiger partial charge in [-0.1, -0.05) is 141 Å². The molecule has 1 rings (SSSR count). The maximum absolute atomic E-state index is 12.4. The van der Waals surface area contributed by atoms with Crippen LogP contribution in [0.2, 0.25) is 0 Å². The van der Waals surface area contributed by atoms with Crippen molar-refractivity contribution >= 4 is 17.7 Å². The Morgan fingerprint density at radius 3 is 2.02 bits per heavy atom. The number of hydrogen-bond acceptors (Lipinski definition) is 8. The summed E-state index contributed by atoms with van der Waals surface area (Å²) in [4.78, 5) is 36.8. The van der Waals surface area contributed by atoms with Crippen molar-refractivity contribution in [2.24, 2.45) is 17.8 Å². The van der Waals surface area contributed by atoms with Gasteiger partial charge in [0.15, 0.2) is 6.10 Å². The largest absolute Gasteiger partial charge is 0.462 e. The van der Waals surface area contributed by atoms with Crippen LogP contribution in [0.25, 0.3) is 0 Å². The third kappa shape index (κ3) is 23.9. The van der Waals surface area contributed by atoms with E-state index in [4.69, 9.17) is 9.47 Å². The second-order valence-electron chi connectivity index (χ2n) is 14.6. The summed E-state index contributed by atoms with van der Waals surface area (Å²) in [7, 11) is 0. The SMILES string of the molecule is CCCCC[C@H](O)/C=C/[C@H]1C(=O)C[C@H](O)[C@@H]1C/C=C\CCCC(=O)OC[C@H](CO)OC(=O)CCCCCCCCCCCCCCC(C)C. The topological polar surface area (TPSA) is 130 Å². The minimum atomic E-state index is -0.855. The first kappa shape index (κ1) is 45.0. The summed E-state index contributed by atoms with van der Waals surface area (Å²) in [6.45, 7) is 6.14. The number of carbonyl (C=O) groups excluding carboxylic acids is 3. The van der Waals surface area contributed by atoms with Crippen LogP contribution in [0.3, 0.4) is 0 Å². The minimum absolute atomic E-state index is 0.00199. The first-order chi connectivity index (χ1) is 23.7. The maximum Gasteiger partial charge on any atom is 0.306 e. The molecule has 0 unspecified atom stereocenters. The number of carbonyl (C=O) groups is 3. The Morgan fingerprint density at radius 2 is 1.41 bits per heavy atom. The Labute approximate surface area is 298 Å². The molecule has 0 spiro atoms. The number of ketones is 1. The van der Waals surface area contributed by atoms with Crippen molar-refractivity contribution in [3.05, 3.63) is 24.3 Å². The Hall–Kier alpha value is -2.03. The molecule has 0 amide bonds. The Morgan fingerprint density at radius 1 is 0.816 bits per heavy atom. The van der Waals surface area contributed by atoms with E-state index in [1.165, 1.54) is 64.2 Å². The molecule has 49 heavy (non-hydrogen) atoms. The van der Waals surface area contributed by atoms with E-state index in [2.05, 4.69) is 20.8 Å². The number of allylic oxidation sites excluding steroid dienone is 3. The molecule has 0 heterocycles. The predicted molar refractivity (Wildman–Crippen MR) is 197 cm³/mol. The summed E-state index contributed by atoms with van der Waals surface area (Å²) in [5, 5.41) is 30.1. The Balaban J connectivity index is 2.11. The third-order valence-corrected chi connectivity index (χ3v) is 9.55. The Bertz CT molecular complexity index is 913. The predicted octanol–water partition coefficient (Wildman–Crippen LogP) is 8.73. The van der Waals surface area contributed by atoms with E-state index in [0.717, 1.165) is 44.4 Å². The van der Waals surface area contributed by atoms with E-state index in [0.29, 0.717) is 32.1 Å². The molecule has 5 atom stereocenters. The molecule has 0 aromatic rings.